The van der Waals surface area contributed by atoms with E-state index in [1.165, 1.54) is 6.26 Å². The molecular weight excluding hydrogens is 466 g/mol. The number of carboxylic acids is 1. The lowest BCUT2D eigenvalue weighted by Gasteiger charge is -2.28. The highest BCUT2D eigenvalue weighted by Gasteiger charge is 2.29. The molecule has 0 amide bonds. The Morgan fingerprint density at radius 3 is 2.74 bits per heavy atom. The van der Waals surface area contributed by atoms with Gasteiger partial charge in [0, 0.05) is 53.4 Å². The minimum Gasteiger partial charge on any atom is -0.477 e. The van der Waals surface area contributed by atoms with Crippen LogP contribution in [0.2, 0.25) is 0 Å². The largest absolute Gasteiger partial charge is 0.477 e. The Balaban J connectivity index is 1.46. The quantitative estimate of drug-likeness (QED) is 0.448. The Morgan fingerprint density at radius 1 is 1.09 bits per heavy atom. The third-order valence-electron chi connectivity index (χ3n) is 5.91. The van der Waals surface area contributed by atoms with Gasteiger partial charge in [-0.05, 0) is 24.3 Å². The van der Waals surface area contributed by atoms with Gasteiger partial charge in [0.15, 0.2) is 11.6 Å². The zero-order valence-electron chi connectivity index (χ0n) is 18.6. The molecule has 1 unspecified atom stereocenters. The summed E-state index contributed by atoms with van der Waals surface area (Å²) in [7, 11) is 0. The number of fused-ring (bicyclic) bond motifs is 1. The van der Waals surface area contributed by atoms with Crippen molar-refractivity contribution in [1.29, 1.82) is 0 Å². The van der Waals surface area contributed by atoms with Gasteiger partial charge in [0.25, 0.3) is 6.23 Å². The Labute approximate surface area is 204 Å². The minimum atomic E-state index is -1.10. The summed E-state index contributed by atoms with van der Waals surface area (Å²) < 4.78 is 11.8. The number of ether oxygens (including phenoxy) is 2. The van der Waals surface area contributed by atoms with Gasteiger partial charge in [0.1, 0.15) is 6.26 Å². The van der Waals surface area contributed by atoms with E-state index >= 15 is 0 Å². The number of thiophene rings is 1. The molecule has 0 radical (unpaired) electrons. The molecule has 35 heavy (non-hydrogen) atoms. The number of benzene rings is 1. The van der Waals surface area contributed by atoms with Crippen molar-refractivity contribution in [3.05, 3.63) is 67.3 Å². The van der Waals surface area contributed by atoms with Crippen LogP contribution in [0.4, 0.5) is 11.5 Å². The summed E-state index contributed by atoms with van der Waals surface area (Å²) >= 11 is 1.65. The Bertz CT molecular complexity index is 1420. The van der Waals surface area contributed by atoms with E-state index in [0.29, 0.717) is 24.7 Å². The summed E-state index contributed by atoms with van der Waals surface area (Å²) in [6.07, 6.45) is 5.50. The first kappa shape index (κ1) is 21.5. The van der Waals surface area contributed by atoms with Gasteiger partial charge in [-0.25, -0.2) is 14.8 Å². The van der Waals surface area contributed by atoms with E-state index in [2.05, 4.69) is 16.0 Å². The van der Waals surface area contributed by atoms with Crippen LogP contribution in [-0.4, -0.2) is 58.6 Å². The third-order valence-corrected chi connectivity index (χ3v) is 7.08. The molecule has 0 spiro atoms. The highest BCUT2D eigenvalue weighted by atomic mass is 32.1. The molecule has 0 saturated carbocycles. The summed E-state index contributed by atoms with van der Waals surface area (Å²) in [6, 6.07) is 13.6. The summed E-state index contributed by atoms with van der Waals surface area (Å²) in [5, 5.41) is 9.48. The zero-order valence-corrected chi connectivity index (χ0v) is 19.4. The fourth-order valence-electron chi connectivity index (χ4n) is 4.21. The average Bonchev–Trinajstić information content (AvgIpc) is 3.57. The lowest BCUT2D eigenvalue weighted by molar-refractivity contribution is -0.145. The van der Waals surface area contributed by atoms with Gasteiger partial charge < -0.3 is 19.5 Å². The van der Waals surface area contributed by atoms with Crippen LogP contribution in [0.3, 0.4) is 0 Å². The van der Waals surface area contributed by atoms with Crippen molar-refractivity contribution < 1.29 is 19.4 Å². The molecule has 0 aliphatic carbocycles. The van der Waals surface area contributed by atoms with E-state index in [4.69, 9.17) is 19.4 Å². The van der Waals surface area contributed by atoms with Gasteiger partial charge in [-0.2, -0.15) is 0 Å². The van der Waals surface area contributed by atoms with Gasteiger partial charge in [0.05, 0.1) is 23.4 Å². The van der Waals surface area contributed by atoms with Crippen molar-refractivity contribution in [2.45, 2.75) is 6.23 Å². The summed E-state index contributed by atoms with van der Waals surface area (Å²) in [6.45, 7) is 2.80. The van der Waals surface area contributed by atoms with Crippen LogP contribution in [0, 0.1) is 0 Å². The van der Waals surface area contributed by atoms with Crippen LogP contribution in [-0.2, 0) is 14.3 Å². The summed E-state index contributed by atoms with van der Waals surface area (Å²) in [5.41, 5.74) is 3.37. The fourth-order valence-corrected chi connectivity index (χ4v) is 5.31. The molecule has 4 aromatic rings. The number of aliphatic carboxylic acids is 1. The normalized spacial score (nSPS) is 17.7. The molecule has 0 bridgehead atoms. The van der Waals surface area contributed by atoms with Crippen molar-refractivity contribution in [3.8, 4) is 21.8 Å². The number of rotatable bonds is 5. The van der Waals surface area contributed by atoms with Gasteiger partial charge in [0.2, 0.25) is 0 Å². The van der Waals surface area contributed by atoms with Crippen LogP contribution in [0.5, 0.6) is 0 Å². The van der Waals surface area contributed by atoms with Crippen molar-refractivity contribution in [1.82, 2.24) is 15.0 Å². The molecule has 1 N–H and O–H groups in total. The van der Waals surface area contributed by atoms with Crippen molar-refractivity contribution in [2.75, 3.05) is 36.1 Å². The molecule has 9 nitrogen and oxygen atoms in total. The Hall–Kier alpha value is -4.02. The highest BCUT2D eigenvalue weighted by molar-refractivity contribution is 7.22. The number of aromatic nitrogens is 3. The Morgan fingerprint density at radius 2 is 1.94 bits per heavy atom. The molecule has 176 valence electrons. The van der Waals surface area contributed by atoms with Crippen LogP contribution < -0.4 is 9.80 Å². The van der Waals surface area contributed by atoms with E-state index in [-0.39, 0.29) is 0 Å². The van der Waals surface area contributed by atoms with E-state index < -0.39 is 12.2 Å². The first-order valence-corrected chi connectivity index (χ1v) is 12.0. The maximum absolute atomic E-state index is 11.6. The van der Waals surface area contributed by atoms with Gasteiger partial charge in [-0.15, -0.1) is 11.3 Å². The van der Waals surface area contributed by atoms with E-state index in [1.807, 2.05) is 42.6 Å². The van der Waals surface area contributed by atoms with E-state index in [0.717, 1.165) is 45.1 Å². The second-order valence-corrected chi connectivity index (χ2v) is 9.16. The number of carboxylic acid groups (broad SMARTS) is 1. The zero-order chi connectivity index (χ0) is 23.8. The number of pyridine rings is 1. The first-order chi connectivity index (χ1) is 17.2. The van der Waals surface area contributed by atoms with Crippen molar-refractivity contribution in [3.63, 3.8) is 0 Å². The number of carbonyl (C=O) groups is 1. The molecule has 2 aliphatic rings. The molecular formula is C25H21N5O4S. The smallest absolute Gasteiger partial charge is 0.367 e. The number of hydrogen-bond donors (Lipinski definition) is 1. The standard InChI is InChI=1S/C25H21N5O4S/c31-25(32)24-30(9-12-34-24)18-5-1-3-16(13-18)22-27-19-14-20(17-4-2-6-26-15-17)35-21(19)23(28-22)29-7-10-33-11-8-29/h1-6,9,12-15,24H,7-8,10-11H2,(H,31,32). The van der Waals surface area contributed by atoms with E-state index in [1.54, 1.807) is 28.6 Å². The molecule has 1 saturated heterocycles. The molecule has 3 aromatic heterocycles. The number of morpholine rings is 1. The van der Waals surface area contributed by atoms with Gasteiger partial charge >= 0.3 is 5.97 Å². The van der Waals surface area contributed by atoms with Crippen molar-refractivity contribution in [2.24, 2.45) is 0 Å². The summed E-state index contributed by atoms with van der Waals surface area (Å²) in [5.74, 6) is 0.396. The monoisotopic (exact) mass is 487 g/mol. The van der Waals surface area contributed by atoms with Crippen LogP contribution in [0.1, 0.15) is 0 Å². The molecule has 1 fully saturated rings. The topological polar surface area (TPSA) is 101 Å². The SMILES string of the molecule is O=C(O)C1OC=CN1c1cccc(-c2nc(N3CCOCC3)c3sc(-c4cccnc4)cc3n2)c1. The van der Waals surface area contributed by atoms with Crippen LogP contribution >= 0.6 is 11.3 Å². The second kappa shape index (κ2) is 8.97. The molecule has 1 aromatic carbocycles. The highest BCUT2D eigenvalue weighted by Crippen LogP contribution is 2.39. The van der Waals surface area contributed by atoms with Gasteiger partial charge in [-0.3, -0.25) is 9.88 Å². The molecule has 10 heteroatoms. The Kier molecular flexibility index (Phi) is 5.51. The van der Waals surface area contributed by atoms with Gasteiger partial charge in [-0.1, -0.05) is 18.2 Å². The second-order valence-electron chi connectivity index (χ2n) is 8.11. The van der Waals surface area contributed by atoms with Crippen LogP contribution in [0.25, 0.3) is 32.0 Å². The lowest BCUT2D eigenvalue weighted by atomic mass is 10.1. The van der Waals surface area contributed by atoms with E-state index in [9.17, 15) is 9.90 Å². The lowest BCUT2D eigenvalue weighted by Crippen LogP contribution is -2.36. The number of hydrogen-bond acceptors (Lipinski definition) is 9. The fraction of sp³-hybridized carbons (Fsp3) is 0.200. The number of nitrogens with zero attached hydrogens (tertiary/aromatic N) is 5. The average molecular weight is 488 g/mol. The summed E-state index contributed by atoms with van der Waals surface area (Å²) in [4.78, 5) is 30.6. The maximum atomic E-state index is 11.6. The third kappa shape index (κ3) is 4.07. The molecule has 6 rings (SSSR count). The van der Waals surface area contributed by atoms with Crippen LogP contribution in [0.15, 0.2) is 67.3 Å². The number of anilines is 2. The molecule has 2 aliphatic heterocycles. The maximum Gasteiger partial charge on any atom is 0.367 e. The van der Waals surface area contributed by atoms with Crippen molar-refractivity contribution >= 4 is 39.0 Å². The predicted octanol–water partition coefficient (Wildman–Crippen LogP) is 3.98. The minimum absolute atomic E-state index is 0.576. The molecule has 5 heterocycles. The first-order valence-electron chi connectivity index (χ1n) is 11.2. The molecule has 1 atom stereocenters. The predicted molar refractivity (Wildman–Crippen MR) is 133 cm³/mol.